The van der Waals surface area contributed by atoms with Gasteiger partial charge < -0.3 is 19.1 Å². The Morgan fingerprint density at radius 1 is 1.00 bits per heavy atom. The number of benzene rings is 1. The van der Waals surface area contributed by atoms with Crippen LogP contribution in [-0.4, -0.2) is 79.2 Å². The van der Waals surface area contributed by atoms with E-state index < -0.39 is 0 Å². The summed E-state index contributed by atoms with van der Waals surface area (Å²) in [6, 6.07) is 8.68. The first-order valence-electron chi connectivity index (χ1n) is 11.2. The monoisotopic (exact) mass is 437 g/mol. The van der Waals surface area contributed by atoms with Crippen LogP contribution in [0.1, 0.15) is 17.8 Å². The number of imidazole rings is 1. The lowest BCUT2D eigenvalue weighted by molar-refractivity contribution is 0.0209. The number of morpholine rings is 1. The van der Waals surface area contributed by atoms with Crippen LogP contribution in [0.3, 0.4) is 0 Å². The largest absolute Gasteiger partial charge is 0.493 e. The molecule has 3 aromatic rings. The first-order valence-corrected chi connectivity index (χ1v) is 11.2. The lowest BCUT2D eigenvalue weighted by Crippen LogP contribution is -2.44. The van der Waals surface area contributed by atoms with Gasteiger partial charge in [-0.3, -0.25) is 4.90 Å². The Kier molecular flexibility index (Phi) is 5.65. The second-order valence-electron chi connectivity index (χ2n) is 8.56. The minimum atomic E-state index is 0.564. The quantitative estimate of drug-likeness (QED) is 0.608. The van der Waals surface area contributed by atoms with E-state index in [4.69, 9.17) is 24.3 Å². The molecular weight excluding hydrogens is 406 g/mol. The van der Waals surface area contributed by atoms with Gasteiger partial charge in [0.2, 0.25) is 0 Å². The first-order chi connectivity index (χ1) is 15.6. The summed E-state index contributed by atoms with van der Waals surface area (Å²) in [5.74, 6) is 1.40. The fourth-order valence-electron chi connectivity index (χ4n) is 4.98. The highest BCUT2D eigenvalue weighted by atomic mass is 16.5. The summed E-state index contributed by atoms with van der Waals surface area (Å²) in [5.41, 5.74) is 5.96. The third-order valence-electron chi connectivity index (χ3n) is 6.58. The van der Waals surface area contributed by atoms with Crippen molar-refractivity contribution in [3.8, 4) is 22.8 Å². The van der Waals surface area contributed by atoms with Gasteiger partial charge in [-0.25, -0.2) is 9.50 Å². The molecule has 5 rings (SSSR count). The minimum Gasteiger partial charge on any atom is -0.493 e. The highest BCUT2D eigenvalue weighted by Crippen LogP contribution is 2.36. The molecule has 0 amide bonds. The second-order valence-corrected chi connectivity index (χ2v) is 8.56. The van der Waals surface area contributed by atoms with Crippen LogP contribution >= 0.6 is 0 Å². The predicted molar refractivity (Wildman–Crippen MR) is 124 cm³/mol. The SMILES string of the molecule is COc1ccc(-c2c(C)nc3c(N4CCC(N5CCOCC5)C4)cc(C)nn23)cc1OC. The molecule has 0 saturated carbocycles. The summed E-state index contributed by atoms with van der Waals surface area (Å²) in [6.45, 7) is 9.85. The molecule has 0 aliphatic carbocycles. The predicted octanol–water partition coefficient (Wildman–Crippen LogP) is 2.94. The van der Waals surface area contributed by atoms with Crippen molar-refractivity contribution in [1.29, 1.82) is 0 Å². The van der Waals surface area contributed by atoms with Crippen LogP contribution in [0, 0.1) is 13.8 Å². The average molecular weight is 438 g/mol. The van der Waals surface area contributed by atoms with Gasteiger partial charge in [0.05, 0.1) is 50.2 Å². The molecule has 32 heavy (non-hydrogen) atoms. The van der Waals surface area contributed by atoms with Crippen molar-refractivity contribution in [2.24, 2.45) is 0 Å². The number of ether oxygens (including phenoxy) is 3. The third kappa shape index (κ3) is 3.67. The molecule has 2 fully saturated rings. The fourth-order valence-corrected chi connectivity index (χ4v) is 4.98. The van der Waals surface area contributed by atoms with Crippen LogP contribution in [0.15, 0.2) is 24.3 Å². The van der Waals surface area contributed by atoms with Crippen LogP contribution in [0.25, 0.3) is 16.9 Å². The first kappa shape index (κ1) is 21.0. The van der Waals surface area contributed by atoms with Crippen LogP contribution < -0.4 is 14.4 Å². The van der Waals surface area contributed by atoms with Crippen LogP contribution in [0.2, 0.25) is 0 Å². The zero-order valence-electron chi connectivity index (χ0n) is 19.3. The number of fused-ring (bicyclic) bond motifs is 1. The normalized spacial score (nSPS) is 19.6. The van der Waals surface area contributed by atoms with Gasteiger partial charge in [0.1, 0.15) is 0 Å². The summed E-state index contributed by atoms with van der Waals surface area (Å²) in [7, 11) is 3.30. The van der Waals surface area contributed by atoms with E-state index >= 15 is 0 Å². The van der Waals surface area contributed by atoms with E-state index in [-0.39, 0.29) is 0 Å². The summed E-state index contributed by atoms with van der Waals surface area (Å²) in [4.78, 5) is 10.0. The van der Waals surface area contributed by atoms with Crippen molar-refractivity contribution in [3.63, 3.8) is 0 Å². The molecule has 2 aliphatic heterocycles. The van der Waals surface area contributed by atoms with Crippen molar-refractivity contribution < 1.29 is 14.2 Å². The van der Waals surface area contributed by atoms with Gasteiger partial charge in [-0.2, -0.15) is 5.10 Å². The molecule has 2 saturated heterocycles. The molecular formula is C24H31N5O3. The molecule has 8 heteroatoms. The van der Waals surface area contributed by atoms with Gasteiger partial charge in [0.25, 0.3) is 0 Å². The molecule has 0 N–H and O–H groups in total. The molecule has 1 aromatic carbocycles. The van der Waals surface area contributed by atoms with E-state index in [0.717, 1.165) is 79.8 Å². The number of anilines is 1. The topological polar surface area (TPSA) is 64.4 Å². The maximum atomic E-state index is 5.54. The third-order valence-corrected chi connectivity index (χ3v) is 6.58. The van der Waals surface area contributed by atoms with Crippen molar-refractivity contribution >= 4 is 11.3 Å². The van der Waals surface area contributed by atoms with E-state index in [2.05, 4.69) is 15.9 Å². The van der Waals surface area contributed by atoms with Crippen LogP contribution in [0.4, 0.5) is 5.69 Å². The minimum absolute atomic E-state index is 0.564. The standard InChI is InChI=1S/C24H31N5O3/c1-16-13-20(28-8-7-19(15-28)27-9-11-32-12-10-27)24-25-17(2)23(29(24)26-16)18-5-6-21(30-3)22(14-18)31-4/h5-6,13-14,19H,7-12,15H2,1-4H3. The molecule has 8 nitrogen and oxygen atoms in total. The van der Waals surface area contributed by atoms with Gasteiger partial charge in [-0.1, -0.05) is 0 Å². The molecule has 2 aliphatic rings. The highest BCUT2D eigenvalue weighted by molar-refractivity contribution is 5.77. The molecule has 0 radical (unpaired) electrons. The Hall–Kier alpha value is -2.84. The maximum absolute atomic E-state index is 5.54. The number of rotatable bonds is 5. The number of aromatic nitrogens is 3. The lowest BCUT2D eigenvalue weighted by Gasteiger charge is -2.32. The van der Waals surface area contributed by atoms with Crippen LogP contribution in [-0.2, 0) is 4.74 Å². The summed E-state index contributed by atoms with van der Waals surface area (Å²) in [6.07, 6.45) is 1.16. The Bertz CT molecular complexity index is 1120. The van der Waals surface area contributed by atoms with E-state index in [1.807, 2.05) is 36.6 Å². The van der Waals surface area contributed by atoms with Gasteiger partial charge >= 0.3 is 0 Å². The van der Waals surface area contributed by atoms with Gasteiger partial charge in [-0.15, -0.1) is 0 Å². The van der Waals surface area contributed by atoms with Crippen molar-refractivity contribution in [2.75, 3.05) is 58.5 Å². The van der Waals surface area contributed by atoms with Crippen LogP contribution in [0.5, 0.6) is 11.5 Å². The smallest absolute Gasteiger partial charge is 0.178 e. The zero-order chi connectivity index (χ0) is 22.2. The van der Waals surface area contributed by atoms with Gasteiger partial charge in [0, 0.05) is 37.8 Å². The van der Waals surface area contributed by atoms with Gasteiger partial charge in [0.15, 0.2) is 17.1 Å². The summed E-state index contributed by atoms with van der Waals surface area (Å²) < 4.78 is 18.5. The average Bonchev–Trinajstić information content (AvgIpc) is 3.43. The molecule has 0 spiro atoms. The highest BCUT2D eigenvalue weighted by Gasteiger charge is 2.31. The van der Waals surface area contributed by atoms with E-state index in [1.165, 1.54) is 0 Å². The summed E-state index contributed by atoms with van der Waals surface area (Å²) >= 11 is 0. The molecule has 2 aromatic heterocycles. The molecule has 4 heterocycles. The Morgan fingerprint density at radius 2 is 1.78 bits per heavy atom. The summed E-state index contributed by atoms with van der Waals surface area (Å²) in [5, 5.41) is 4.84. The van der Waals surface area contributed by atoms with E-state index in [1.54, 1.807) is 14.2 Å². The molecule has 1 atom stereocenters. The zero-order valence-corrected chi connectivity index (χ0v) is 19.3. The van der Waals surface area contributed by atoms with Crippen molar-refractivity contribution in [1.82, 2.24) is 19.5 Å². The number of methoxy groups -OCH3 is 2. The maximum Gasteiger partial charge on any atom is 0.178 e. The van der Waals surface area contributed by atoms with Gasteiger partial charge in [-0.05, 0) is 44.5 Å². The number of hydrogen-bond donors (Lipinski definition) is 0. The van der Waals surface area contributed by atoms with E-state index in [9.17, 15) is 0 Å². The van der Waals surface area contributed by atoms with Crippen molar-refractivity contribution in [2.45, 2.75) is 26.3 Å². The number of nitrogens with zero attached hydrogens (tertiary/aromatic N) is 5. The Morgan fingerprint density at radius 3 is 2.53 bits per heavy atom. The molecule has 0 bridgehead atoms. The Balaban J connectivity index is 1.53. The fraction of sp³-hybridized carbons (Fsp3) is 0.500. The lowest BCUT2D eigenvalue weighted by atomic mass is 10.1. The van der Waals surface area contributed by atoms with Crippen molar-refractivity contribution in [3.05, 3.63) is 35.7 Å². The Labute approximate surface area is 188 Å². The molecule has 1 unspecified atom stereocenters. The van der Waals surface area contributed by atoms with E-state index in [0.29, 0.717) is 17.5 Å². The molecule has 170 valence electrons. The second kappa shape index (κ2) is 8.60. The number of hydrogen-bond acceptors (Lipinski definition) is 7. The number of aryl methyl sites for hydroxylation is 2.